The summed E-state index contributed by atoms with van der Waals surface area (Å²) in [6.07, 6.45) is 5.82. The molecule has 118 valence electrons. The fourth-order valence-corrected chi connectivity index (χ4v) is 2.57. The van der Waals surface area contributed by atoms with Gasteiger partial charge in [-0.15, -0.1) is 0 Å². The van der Waals surface area contributed by atoms with E-state index in [1.807, 2.05) is 24.7 Å². The van der Waals surface area contributed by atoms with E-state index in [-0.39, 0.29) is 11.4 Å². The van der Waals surface area contributed by atoms with E-state index in [4.69, 9.17) is 5.73 Å². The summed E-state index contributed by atoms with van der Waals surface area (Å²) in [5.41, 5.74) is 6.34. The van der Waals surface area contributed by atoms with E-state index in [9.17, 15) is 4.79 Å². The number of hydrogen-bond donors (Lipinski definition) is 3. The first-order valence-electron chi connectivity index (χ1n) is 7.91. The molecule has 6 nitrogen and oxygen atoms in total. The van der Waals surface area contributed by atoms with Gasteiger partial charge in [-0.3, -0.25) is 9.48 Å². The third kappa shape index (κ3) is 4.04. The molecule has 0 saturated carbocycles. The summed E-state index contributed by atoms with van der Waals surface area (Å²) in [5, 5.41) is 10.7. The molecule has 4 N–H and O–H groups in total. The minimum absolute atomic E-state index is 0.144. The van der Waals surface area contributed by atoms with Crippen LogP contribution >= 0.6 is 0 Å². The molecule has 2 rings (SSSR count). The Kier molecular flexibility index (Phi) is 5.36. The fraction of sp³-hybridized carbons (Fsp3) is 0.733. The SMILES string of the molecule is CCC(N)(CC)CNC(=O)c1ccn(C2CCCNC2)n1. The highest BCUT2D eigenvalue weighted by atomic mass is 16.1. The van der Waals surface area contributed by atoms with Crippen molar-refractivity contribution in [2.24, 2.45) is 5.73 Å². The zero-order chi connectivity index (χ0) is 15.3. The molecule has 21 heavy (non-hydrogen) atoms. The molecule has 0 bridgehead atoms. The molecule has 1 fully saturated rings. The Morgan fingerprint density at radius 1 is 1.57 bits per heavy atom. The maximum Gasteiger partial charge on any atom is 0.271 e. The molecule has 1 saturated heterocycles. The lowest BCUT2D eigenvalue weighted by atomic mass is 9.94. The molecule has 1 atom stereocenters. The number of rotatable bonds is 6. The van der Waals surface area contributed by atoms with E-state index in [1.165, 1.54) is 0 Å². The smallest absolute Gasteiger partial charge is 0.271 e. The largest absolute Gasteiger partial charge is 0.349 e. The van der Waals surface area contributed by atoms with Crippen molar-refractivity contribution in [1.29, 1.82) is 0 Å². The Balaban J connectivity index is 1.92. The first-order chi connectivity index (χ1) is 10.1. The Labute approximate surface area is 126 Å². The molecule has 6 heteroatoms. The van der Waals surface area contributed by atoms with Gasteiger partial charge in [0.2, 0.25) is 0 Å². The topological polar surface area (TPSA) is 85.0 Å². The van der Waals surface area contributed by atoms with E-state index >= 15 is 0 Å². The molecule has 0 aliphatic carbocycles. The zero-order valence-corrected chi connectivity index (χ0v) is 13.1. The van der Waals surface area contributed by atoms with Crippen molar-refractivity contribution >= 4 is 5.91 Å². The van der Waals surface area contributed by atoms with Gasteiger partial charge in [0.15, 0.2) is 0 Å². The summed E-state index contributed by atoms with van der Waals surface area (Å²) in [6, 6.07) is 2.13. The van der Waals surface area contributed by atoms with Gasteiger partial charge < -0.3 is 16.4 Å². The van der Waals surface area contributed by atoms with Crippen LogP contribution in [-0.4, -0.2) is 40.9 Å². The number of nitrogens with zero attached hydrogens (tertiary/aromatic N) is 2. The number of aromatic nitrogens is 2. The second-order valence-electron chi connectivity index (χ2n) is 5.93. The minimum atomic E-state index is -0.328. The molecule has 0 aromatic carbocycles. The molecule has 1 aromatic heterocycles. The number of nitrogens with two attached hydrogens (primary N) is 1. The number of amides is 1. The van der Waals surface area contributed by atoms with Crippen molar-refractivity contribution in [3.8, 4) is 0 Å². The molecule has 1 aliphatic heterocycles. The van der Waals surface area contributed by atoms with E-state index in [0.29, 0.717) is 18.3 Å². The van der Waals surface area contributed by atoms with Crippen LogP contribution in [0.2, 0.25) is 0 Å². The maximum absolute atomic E-state index is 12.2. The second kappa shape index (κ2) is 7.04. The zero-order valence-electron chi connectivity index (χ0n) is 13.1. The van der Waals surface area contributed by atoms with Crippen LogP contribution < -0.4 is 16.4 Å². The van der Waals surface area contributed by atoms with Crippen LogP contribution in [0.25, 0.3) is 0 Å². The monoisotopic (exact) mass is 293 g/mol. The van der Waals surface area contributed by atoms with Gasteiger partial charge >= 0.3 is 0 Å². The van der Waals surface area contributed by atoms with Crippen LogP contribution in [-0.2, 0) is 0 Å². The first kappa shape index (κ1) is 16.0. The second-order valence-corrected chi connectivity index (χ2v) is 5.93. The Morgan fingerprint density at radius 2 is 2.33 bits per heavy atom. The first-order valence-corrected chi connectivity index (χ1v) is 7.91. The Bertz CT molecular complexity index is 460. The summed E-state index contributed by atoms with van der Waals surface area (Å²) in [4.78, 5) is 12.2. The lowest BCUT2D eigenvalue weighted by molar-refractivity contribution is 0.0935. The summed E-state index contributed by atoms with van der Waals surface area (Å²) in [6.45, 7) is 6.55. The third-order valence-corrected chi connectivity index (χ3v) is 4.50. The highest BCUT2D eigenvalue weighted by molar-refractivity contribution is 5.92. The lowest BCUT2D eigenvalue weighted by Gasteiger charge is -2.26. The molecular weight excluding hydrogens is 266 g/mol. The number of carbonyl (C=O) groups is 1. The van der Waals surface area contributed by atoms with E-state index < -0.39 is 0 Å². The Morgan fingerprint density at radius 3 is 2.95 bits per heavy atom. The predicted molar refractivity (Wildman–Crippen MR) is 83.2 cm³/mol. The normalized spacial score (nSPS) is 19.5. The summed E-state index contributed by atoms with van der Waals surface area (Å²) in [5.74, 6) is -0.144. The van der Waals surface area contributed by atoms with Crippen molar-refractivity contribution in [1.82, 2.24) is 20.4 Å². The van der Waals surface area contributed by atoms with Crippen LogP contribution in [0.15, 0.2) is 12.3 Å². The number of carbonyl (C=O) groups excluding carboxylic acids is 1. The molecule has 1 unspecified atom stereocenters. The van der Waals surface area contributed by atoms with Crippen LogP contribution in [0.4, 0.5) is 0 Å². The van der Waals surface area contributed by atoms with Gasteiger partial charge in [0.1, 0.15) is 5.69 Å². The molecule has 1 amide bonds. The highest BCUT2D eigenvalue weighted by Gasteiger charge is 2.22. The van der Waals surface area contributed by atoms with Crippen LogP contribution in [0.5, 0.6) is 0 Å². The molecular formula is C15H27N5O. The van der Waals surface area contributed by atoms with Gasteiger partial charge in [0, 0.05) is 24.8 Å². The molecule has 0 radical (unpaired) electrons. The summed E-state index contributed by atoms with van der Waals surface area (Å²) < 4.78 is 1.90. The third-order valence-electron chi connectivity index (χ3n) is 4.50. The van der Waals surface area contributed by atoms with Crippen molar-refractivity contribution in [2.45, 2.75) is 51.1 Å². The average Bonchev–Trinajstić information content (AvgIpc) is 3.03. The van der Waals surface area contributed by atoms with Crippen molar-refractivity contribution in [3.63, 3.8) is 0 Å². The van der Waals surface area contributed by atoms with Gasteiger partial charge in [-0.2, -0.15) is 5.10 Å². The van der Waals surface area contributed by atoms with E-state index in [0.717, 1.165) is 38.8 Å². The number of nitrogens with one attached hydrogen (secondary N) is 2. The number of hydrogen-bond acceptors (Lipinski definition) is 4. The van der Waals surface area contributed by atoms with E-state index in [2.05, 4.69) is 15.7 Å². The summed E-state index contributed by atoms with van der Waals surface area (Å²) >= 11 is 0. The summed E-state index contributed by atoms with van der Waals surface area (Å²) in [7, 11) is 0. The average molecular weight is 293 g/mol. The standard InChI is InChI=1S/C15H27N5O/c1-3-15(16,4-2)11-18-14(21)13-7-9-20(19-13)12-6-5-8-17-10-12/h7,9,12,17H,3-6,8,10-11,16H2,1-2H3,(H,18,21). The molecule has 1 aromatic rings. The number of piperidine rings is 1. The van der Waals surface area contributed by atoms with Crippen LogP contribution in [0.1, 0.15) is 56.1 Å². The fourth-order valence-electron chi connectivity index (χ4n) is 2.57. The van der Waals surface area contributed by atoms with Gasteiger partial charge in [0.05, 0.1) is 6.04 Å². The van der Waals surface area contributed by atoms with Crippen LogP contribution in [0.3, 0.4) is 0 Å². The molecule has 2 heterocycles. The predicted octanol–water partition coefficient (Wildman–Crippen LogP) is 1.05. The van der Waals surface area contributed by atoms with Crippen molar-refractivity contribution in [2.75, 3.05) is 19.6 Å². The minimum Gasteiger partial charge on any atom is -0.349 e. The Hall–Kier alpha value is -1.40. The van der Waals surface area contributed by atoms with Gasteiger partial charge in [-0.25, -0.2) is 0 Å². The molecule has 1 aliphatic rings. The quantitative estimate of drug-likeness (QED) is 0.732. The molecule has 0 spiro atoms. The van der Waals surface area contributed by atoms with Crippen LogP contribution in [0, 0.1) is 0 Å². The van der Waals surface area contributed by atoms with Gasteiger partial charge in [-0.1, -0.05) is 13.8 Å². The van der Waals surface area contributed by atoms with Gasteiger partial charge in [-0.05, 0) is 38.3 Å². The van der Waals surface area contributed by atoms with Crippen molar-refractivity contribution in [3.05, 3.63) is 18.0 Å². The highest BCUT2D eigenvalue weighted by Crippen LogP contribution is 2.16. The maximum atomic E-state index is 12.2. The van der Waals surface area contributed by atoms with Gasteiger partial charge in [0.25, 0.3) is 5.91 Å². The lowest BCUT2D eigenvalue weighted by Crippen LogP contribution is -2.49. The van der Waals surface area contributed by atoms with Crippen molar-refractivity contribution < 1.29 is 4.79 Å². The van der Waals surface area contributed by atoms with E-state index in [1.54, 1.807) is 6.07 Å².